The Morgan fingerprint density at radius 2 is 1.90 bits per heavy atom. The van der Waals surface area contributed by atoms with Crippen LogP contribution in [0.2, 0.25) is 0 Å². The van der Waals surface area contributed by atoms with Gasteiger partial charge in [0.25, 0.3) is 0 Å². The van der Waals surface area contributed by atoms with Crippen molar-refractivity contribution in [2.45, 2.75) is 31.6 Å². The van der Waals surface area contributed by atoms with E-state index in [2.05, 4.69) is 10.2 Å². The molecule has 116 valence electrons. The lowest BCUT2D eigenvalue weighted by Crippen LogP contribution is -2.47. The van der Waals surface area contributed by atoms with Crippen molar-refractivity contribution in [1.29, 1.82) is 0 Å². The molecule has 1 aliphatic heterocycles. The zero-order valence-electron chi connectivity index (χ0n) is 12.2. The molecule has 20 heavy (non-hydrogen) atoms. The van der Waals surface area contributed by atoms with Gasteiger partial charge in [0.05, 0.1) is 0 Å². The van der Waals surface area contributed by atoms with Gasteiger partial charge in [0.15, 0.2) is 0 Å². The Morgan fingerprint density at radius 3 is 2.50 bits per heavy atom. The second kappa shape index (κ2) is 6.80. The first-order chi connectivity index (χ1) is 9.48. The number of likely N-dealkylation sites (N-methyl/N-ethyl adjacent to an activating group) is 1. The molecule has 6 heteroatoms. The largest absolute Gasteiger partial charge is 0.344 e. The summed E-state index contributed by atoms with van der Waals surface area (Å²) in [4.78, 5) is 16.3. The molecule has 1 saturated carbocycles. The van der Waals surface area contributed by atoms with Gasteiger partial charge in [-0.25, -0.2) is 8.78 Å². The lowest BCUT2D eigenvalue weighted by atomic mass is 9.86. The van der Waals surface area contributed by atoms with Gasteiger partial charge in [-0.05, 0) is 12.8 Å². The molecular weight excluding hydrogens is 264 g/mol. The number of carbonyl (C=O) groups is 1. The van der Waals surface area contributed by atoms with Crippen LogP contribution in [0.4, 0.5) is 8.78 Å². The molecule has 0 atom stereocenters. The monoisotopic (exact) mass is 289 g/mol. The minimum atomic E-state index is -2.56. The summed E-state index contributed by atoms with van der Waals surface area (Å²) in [5.41, 5.74) is 0. The molecular formula is C14H25F2N3O. The van der Waals surface area contributed by atoms with Crippen molar-refractivity contribution >= 4 is 5.91 Å². The maximum absolute atomic E-state index is 13.1. The number of nitrogens with zero attached hydrogens (tertiary/aromatic N) is 2. The molecule has 0 bridgehead atoms. The number of nitrogens with one attached hydrogen (secondary N) is 1. The van der Waals surface area contributed by atoms with Crippen LogP contribution in [0.25, 0.3) is 0 Å². The molecule has 2 aliphatic rings. The molecule has 0 radical (unpaired) electrons. The van der Waals surface area contributed by atoms with Gasteiger partial charge < -0.3 is 10.2 Å². The lowest BCUT2D eigenvalue weighted by molar-refractivity contribution is -0.138. The molecule has 0 aromatic rings. The third-order valence-electron chi connectivity index (χ3n) is 4.40. The Hall–Kier alpha value is -0.750. The van der Waals surface area contributed by atoms with Crippen LogP contribution < -0.4 is 5.32 Å². The zero-order valence-corrected chi connectivity index (χ0v) is 12.2. The van der Waals surface area contributed by atoms with Gasteiger partial charge in [-0.2, -0.15) is 0 Å². The fraction of sp³-hybridized carbons (Fsp3) is 0.929. The Labute approximate surface area is 119 Å². The van der Waals surface area contributed by atoms with E-state index in [0.29, 0.717) is 19.4 Å². The van der Waals surface area contributed by atoms with E-state index in [0.717, 1.165) is 32.7 Å². The number of alkyl halides is 2. The standard InChI is InChI=1S/C14H25F2N3O/c1-18(10-11-19-8-6-17-7-9-19)13(20)12-2-4-14(15,16)5-3-12/h12,17H,2-11H2,1H3. The first kappa shape index (κ1) is 15.6. The van der Waals surface area contributed by atoms with Crippen LogP contribution in [0.15, 0.2) is 0 Å². The van der Waals surface area contributed by atoms with Crippen molar-refractivity contribution in [3.63, 3.8) is 0 Å². The summed E-state index contributed by atoms with van der Waals surface area (Å²) in [5, 5.41) is 3.29. The molecule has 2 fully saturated rings. The van der Waals surface area contributed by atoms with E-state index in [9.17, 15) is 13.6 Å². The maximum Gasteiger partial charge on any atom is 0.248 e. The van der Waals surface area contributed by atoms with E-state index in [4.69, 9.17) is 0 Å². The van der Waals surface area contributed by atoms with E-state index in [1.165, 1.54) is 0 Å². The molecule has 1 heterocycles. The molecule has 1 N–H and O–H groups in total. The average molecular weight is 289 g/mol. The normalized spacial score (nSPS) is 24.6. The fourth-order valence-electron chi connectivity index (χ4n) is 2.94. The van der Waals surface area contributed by atoms with Gasteiger partial charge in [-0.1, -0.05) is 0 Å². The predicted octanol–water partition coefficient (Wildman–Crippen LogP) is 1.18. The molecule has 0 spiro atoms. The lowest BCUT2D eigenvalue weighted by Gasteiger charge is -2.32. The molecule has 1 aliphatic carbocycles. The predicted molar refractivity (Wildman–Crippen MR) is 73.9 cm³/mol. The molecule has 0 aromatic carbocycles. The van der Waals surface area contributed by atoms with Crippen LogP contribution in [0.3, 0.4) is 0 Å². The Bertz CT molecular complexity index is 322. The SMILES string of the molecule is CN(CCN1CCNCC1)C(=O)C1CCC(F)(F)CC1. The van der Waals surface area contributed by atoms with Crippen LogP contribution in [-0.2, 0) is 4.79 Å². The minimum Gasteiger partial charge on any atom is -0.344 e. The Morgan fingerprint density at radius 1 is 1.30 bits per heavy atom. The van der Waals surface area contributed by atoms with E-state index >= 15 is 0 Å². The summed E-state index contributed by atoms with van der Waals surface area (Å²) >= 11 is 0. The highest BCUT2D eigenvalue weighted by Crippen LogP contribution is 2.36. The molecule has 1 saturated heterocycles. The topological polar surface area (TPSA) is 35.6 Å². The quantitative estimate of drug-likeness (QED) is 0.844. The van der Waals surface area contributed by atoms with E-state index < -0.39 is 5.92 Å². The zero-order chi connectivity index (χ0) is 14.6. The van der Waals surface area contributed by atoms with Crippen molar-refractivity contribution in [3.8, 4) is 0 Å². The molecule has 0 aromatic heterocycles. The van der Waals surface area contributed by atoms with E-state index in [-0.39, 0.29) is 24.7 Å². The second-order valence-corrected chi connectivity index (χ2v) is 5.98. The third-order valence-corrected chi connectivity index (χ3v) is 4.40. The van der Waals surface area contributed by atoms with Crippen molar-refractivity contribution in [2.24, 2.45) is 5.92 Å². The van der Waals surface area contributed by atoms with Gasteiger partial charge in [-0.3, -0.25) is 9.69 Å². The molecule has 1 amide bonds. The molecule has 0 unspecified atom stereocenters. The highest BCUT2D eigenvalue weighted by atomic mass is 19.3. The minimum absolute atomic E-state index is 0.0376. The first-order valence-corrected chi connectivity index (χ1v) is 7.54. The summed E-state index contributed by atoms with van der Waals surface area (Å²) in [7, 11) is 1.79. The first-order valence-electron chi connectivity index (χ1n) is 7.54. The molecule has 2 rings (SSSR count). The summed E-state index contributed by atoms with van der Waals surface area (Å²) in [6.07, 6.45) is 0.359. The number of amides is 1. The summed E-state index contributed by atoms with van der Waals surface area (Å²) in [6.45, 7) is 5.57. The van der Waals surface area contributed by atoms with E-state index in [1.54, 1.807) is 11.9 Å². The summed E-state index contributed by atoms with van der Waals surface area (Å²) in [5.74, 6) is -2.73. The van der Waals surface area contributed by atoms with Crippen LogP contribution >= 0.6 is 0 Å². The van der Waals surface area contributed by atoms with Gasteiger partial charge >= 0.3 is 0 Å². The number of carbonyl (C=O) groups excluding carboxylic acids is 1. The van der Waals surface area contributed by atoms with Gasteiger partial charge in [0.1, 0.15) is 0 Å². The fourth-order valence-corrected chi connectivity index (χ4v) is 2.94. The van der Waals surface area contributed by atoms with Crippen molar-refractivity contribution in [3.05, 3.63) is 0 Å². The number of rotatable bonds is 4. The van der Waals surface area contributed by atoms with Crippen LogP contribution in [0, 0.1) is 5.92 Å². The van der Waals surface area contributed by atoms with Crippen LogP contribution in [0.5, 0.6) is 0 Å². The summed E-state index contributed by atoms with van der Waals surface area (Å²) < 4.78 is 26.2. The summed E-state index contributed by atoms with van der Waals surface area (Å²) in [6, 6.07) is 0. The number of hydrogen-bond acceptors (Lipinski definition) is 3. The average Bonchev–Trinajstić information content (AvgIpc) is 2.45. The number of halogens is 2. The van der Waals surface area contributed by atoms with Crippen LogP contribution in [0.1, 0.15) is 25.7 Å². The van der Waals surface area contributed by atoms with Gasteiger partial charge in [0, 0.05) is 65.1 Å². The van der Waals surface area contributed by atoms with Crippen molar-refractivity contribution in [1.82, 2.24) is 15.1 Å². The Kier molecular flexibility index (Phi) is 5.32. The van der Waals surface area contributed by atoms with Gasteiger partial charge in [-0.15, -0.1) is 0 Å². The highest BCUT2D eigenvalue weighted by molar-refractivity contribution is 5.78. The van der Waals surface area contributed by atoms with Crippen molar-refractivity contribution < 1.29 is 13.6 Å². The van der Waals surface area contributed by atoms with Crippen molar-refractivity contribution in [2.75, 3.05) is 46.3 Å². The number of hydrogen-bond donors (Lipinski definition) is 1. The third kappa shape index (κ3) is 4.38. The van der Waals surface area contributed by atoms with E-state index in [1.807, 2.05) is 0 Å². The second-order valence-electron chi connectivity index (χ2n) is 5.98. The van der Waals surface area contributed by atoms with Crippen LogP contribution in [-0.4, -0.2) is 67.9 Å². The smallest absolute Gasteiger partial charge is 0.248 e. The van der Waals surface area contributed by atoms with Gasteiger partial charge in [0.2, 0.25) is 11.8 Å². The molecule has 4 nitrogen and oxygen atoms in total. The number of piperazine rings is 1. The highest BCUT2D eigenvalue weighted by Gasteiger charge is 2.38. The maximum atomic E-state index is 13.1. The Balaban J connectivity index is 1.71.